The van der Waals surface area contributed by atoms with Crippen molar-refractivity contribution < 1.29 is 10.2 Å². The molecule has 0 unspecified atom stereocenters. The third-order valence-corrected chi connectivity index (χ3v) is 3.31. The summed E-state index contributed by atoms with van der Waals surface area (Å²) in [6, 6.07) is 0. The van der Waals surface area contributed by atoms with Crippen LogP contribution in [0, 0.1) is 18.3 Å². The van der Waals surface area contributed by atoms with Crippen LogP contribution in [0.25, 0.3) is 0 Å². The maximum Gasteiger partial charge on any atom is 0.130 e. The van der Waals surface area contributed by atoms with E-state index in [0.717, 1.165) is 12.8 Å². The molecular formula is C10H17IO2. The van der Waals surface area contributed by atoms with Crippen LogP contribution in [0.1, 0.15) is 26.2 Å². The fraction of sp³-hybridized carbons (Fsp3) is 0.800. The Morgan fingerprint density at radius 3 is 2.54 bits per heavy atom. The highest BCUT2D eigenvalue weighted by Gasteiger charge is 2.32. The minimum atomic E-state index is -1.12. The van der Waals surface area contributed by atoms with Gasteiger partial charge < -0.3 is 10.2 Å². The van der Waals surface area contributed by atoms with E-state index in [2.05, 4.69) is 35.4 Å². The van der Waals surface area contributed by atoms with Crippen molar-refractivity contribution in [3.05, 3.63) is 0 Å². The Labute approximate surface area is 93.9 Å². The first-order chi connectivity index (χ1) is 6.14. The van der Waals surface area contributed by atoms with Crippen LogP contribution >= 0.6 is 22.6 Å². The Hall–Kier alpha value is 0.210. The van der Waals surface area contributed by atoms with Gasteiger partial charge in [-0.2, -0.15) is 0 Å². The molecule has 76 valence electrons. The zero-order valence-electron chi connectivity index (χ0n) is 7.96. The zero-order chi connectivity index (χ0) is 10.3. The summed E-state index contributed by atoms with van der Waals surface area (Å²) in [5.74, 6) is 2.20. The quantitative estimate of drug-likeness (QED) is 0.444. The van der Waals surface area contributed by atoms with Crippen molar-refractivity contribution in [2.75, 3.05) is 11.0 Å². The Kier molecular flexibility index (Phi) is 6.74. The molecular weight excluding hydrogens is 279 g/mol. The molecule has 0 aliphatic carbocycles. The van der Waals surface area contributed by atoms with Gasteiger partial charge in [0.05, 0.1) is 6.61 Å². The molecule has 2 atom stereocenters. The summed E-state index contributed by atoms with van der Waals surface area (Å²) in [6.07, 6.45) is 7.76. The smallest absolute Gasteiger partial charge is 0.130 e. The van der Waals surface area contributed by atoms with Gasteiger partial charge in [0.25, 0.3) is 0 Å². The van der Waals surface area contributed by atoms with Gasteiger partial charge in [-0.05, 0) is 12.8 Å². The first-order valence-corrected chi connectivity index (χ1v) is 6.04. The number of aliphatic hydroxyl groups is 2. The maximum absolute atomic E-state index is 10.0. The normalized spacial score (nSPS) is 17.5. The molecule has 0 saturated heterocycles. The van der Waals surface area contributed by atoms with Gasteiger partial charge in [0.15, 0.2) is 0 Å². The lowest BCUT2D eigenvalue weighted by molar-refractivity contribution is 0.0131. The van der Waals surface area contributed by atoms with E-state index in [0.29, 0.717) is 10.8 Å². The van der Waals surface area contributed by atoms with Crippen LogP contribution in [0.5, 0.6) is 0 Å². The maximum atomic E-state index is 10.0. The minimum absolute atomic E-state index is 0.0483. The standard InChI is InChI=1S/C10H17IO2/c1-3-5-6-10(13,4-2)9(7-11)8-12/h2,9,12-13H,3,5-8H2,1H3/t9-,10+/m0/s1. The molecule has 2 N–H and O–H groups in total. The predicted octanol–water partition coefficient (Wildman–Crippen LogP) is 1.58. The summed E-state index contributed by atoms with van der Waals surface area (Å²) in [4.78, 5) is 0. The molecule has 0 aromatic carbocycles. The number of alkyl halides is 1. The molecule has 2 nitrogen and oxygen atoms in total. The van der Waals surface area contributed by atoms with Crippen LogP contribution in [0.4, 0.5) is 0 Å². The van der Waals surface area contributed by atoms with Gasteiger partial charge in [-0.3, -0.25) is 0 Å². The molecule has 0 bridgehead atoms. The van der Waals surface area contributed by atoms with E-state index in [1.54, 1.807) is 0 Å². The molecule has 0 rings (SSSR count). The van der Waals surface area contributed by atoms with Crippen molar-refractivity contribution in [1.82, 2.24) is 0 Å². The van der Waals surface area contributed by atoms with E-state index in [4.69, 9.17) is 11.5 Å². The SMILES string of the molecule is C#C[C@@](O)(CCCC)[C@H](CO)CI. The van der Waals surface area contributed by atoms with Gasteiger partial charge in [-0.15, -0.1) is 6.42 Å². The lowest BCUT2D eigenvalue weighted by Crippen LogP contribution is -2.39. The van der Waals surface area contributed by atoms with Crippen LogP contribution in [0.2, 0.25) is 0 Å². The number of halogens is 1. The predicted molar refractivity (Wildman–Crippen MR) is 62.8 cm³/mol. The lowest BCUT2D eigenvalue weighted by Gasteiger charge is -2.29. The molecule has 13 heavy (non-hydrogen) atoms. The molecule has 0 aromatic rings. The van der Waals surface area contributed by atoms with E-state index in [1.807, 2.05) is 0 Å². The number of unbranched alkanes of at least 4 members (excludes halogenated alkanes) is 1. The van der Waals surface area contributed by atoms with Crippen LogP contribution in [0.15, 0.2) is 0 Å². The highest BCUT2D eigenvalue weighted by atomic mass is 127. The van der Waals surface area contributed by atoms with Gasteiger partial charge in [0, 0.05) is 10.3 Å². The summed E-state index contributed by atoms with van der Waals surface area (Å²) in [6.45, 7) is 2.00. The molecule has 0 aromatic heterocycles. The third-order valence-electron chi connectivity index (χ3n) is 2.24. The number of hydrogen-bond acceptors (Lipinski definition) is 2. The number of aliphatic hydroxyl groups excluding tert-OH is 1. The van der Waals surface area contributed by atoms with Crippen LogP contribution in [-0.2, 0) is 0 Å². The second kappa shape index (κ2) is 6.63. The van der Waals surface area contributed by atoms with Crippen LogP contribution in [-0.4, -0.2) is 26.8 Å². The van der Waals surface area contributed by atoms with E-state index < -0.39 is 5.60 Å². The molecule has 0 spiro atoms. The van der Waals surface area contributed by atoms with Gasteiger partial charge >= 0.3 is 0 Å². The monoisotopic (exact) mass is 296 g/mol. The summed E-state index contributed by atoms with van der Waals surface area (Å²) >= 11 is 2.13. The topological polar surface area (TPSA) is 40.5 Å². The summed E-state index contributed by atoms with van der Waals surface area (Å²) in [5.41, 5.74) is -1.12. The Balaban J connectivity index is 4.33. The second-order valence-corrected chi connectivity index (χ2v) is 4.09. The molecule has 0 amide bonds. The fourth-order valence-electron chi connectivity index (χ4n) is 1.17. The van der Waals surface area contributed by atoms with Crippen molar-refractivity contribution in [3.63, 3.8) is 0 Å². The van der Waals surface area contributed by atoms with Crippen molar-refractivity contribution in [3.8, 4) is 12.3 Å². The fourth-order valence-corrected chi connectivity index (χ4v) is 2.17. The third kappa shape index (κ3) is 3.84. The number of terminal acetylenes is 1. The first-order valence-electron chi connectivity index (χ1n) is 4.51. The van der Waals surface area contributed by atoms with E-state index >= 15 is 0 Å². The van der Waals surface area contributed by atoms with Gasteiger partial charge in [0.2, 0.25) is 0 Å². The molecule has 0 radical (unpaired) electrons. The van der Waals surface area contributed by atoms with Crippen LogP contribution < -0.4 is 0 Å². The molecule has 0 fully saturated rings. The summed E-state index contributed by atoms with van der Waals surface area (Å²) < 4.78 is 0.679. The van der Waals surface area contributed by atoms with Crippen LogP contribution in [0.3, 0.4) is 0 Å². The molecule has 0 aliphatic rings. The largest absolute Gasteiger partial charge is 0.396 e. The highest BCUT2D eigenvalue weighted by Crippen LogP contribution is 2.24. The van der Waals surface area contributed by atoms with Crippen molar-refractivity contribution in [2.24, 2.45) is 5.92 Å². The van der Waals surface area contributed by atoms with Crippen molar-refractivity contribution in [2.45, 2.75) is 31.8 Å². The highest BCUT2D eigenvalue weighted by molar-refractivity contribution is 14.1. The zero-order valence-corrected chi connectivity index (χ0v) is 10.1. The Morgan fingerprint density at radius 1 is 1.62 bits per heavy atom. The van der Waals surface area contributed by atoms with E-state index in [1.165, 1.54) is 0 Å². The van der Waals surface area contributed by atoms with Gasteiger partial charge in [0.1, 0.15) is 5.60 Å². The minimum Gasteiger partial charge on any atom is -0.396 e. The van der Waals surface area contributed by atoms with Crippen molar-refractivity contribution in [1.29, 1.82) is 0 Å². The van der Waals surface area contributed by atoms with E-state index in [9.17, 15) is 5.11 Å². The average molecular weight is 296 g/mol. The van der Waals surface area contributed by atoms with Crippen molar-refractivity contribution >= 4 is 22.6 Å². The number of hydrogen-bond donors (Lipinski definition) is 2. The molecule has 0 heterocycles. The molecule has 3 heteroatoms. The first kappa shape index (κ1) is 13.2. The number of rotatable bonds is 6. The average Bonchev–Trinajstić information content (AvgIpc) is 2.16. The summed E-state index contributed by atoms with van der Waals surface area (Å²) in [5, 5.41) is 19.0. The molecule has 0 saturated carbocycles. The lowest BCUT2D eigenvalue weighted by atomic mass is 9.85. The Bertz CT molecular complexity index is 172. The van der Waals surface area contributed by atoms with Gasteiger partial charge in [-0.25, -0.2) is 0 Å². The summed E-state index contributed by atoms with van der Waals surface area (Å²) in [7, 11) is 0. The second-order valence-electron chi connectivity index (χ2n) is 3.21. The van der Waals surface area contributed by atoms with Gasteiger partial charge in [-0.1, -0.05) is 41.9 Å². The Morgan fingerprint density at radius 2 is 2.23 bits per heavy atom. The molecule has 0 aliphatic heterocycles. The van der Waals surface area contributed by atoms with E-state index in [-0.39, 0.29) is 12.5 Å².